The van der Waals surface area contributed by atoms with Gasteiger partial charge in [-0.25, -0.2) is 15.0 Å². The van der Waals surface area contributed by atoms with E-state index in [9.17, 15) is 0 Å². The van der Waals surface area contributed by atoms with Crippen molar-refractivity contribution < 1.29 is 9.47 Å². The molecule has 21 heavy (non-hydrogen) atoms. The lowest BCUT2D eigenvalue weighted by atomic mass is 10.2. The summed E-state index contributed by atoms with van der Waals surface area (Å²) in [7, 11) is 3.22. The highest BCUT2D eigenvalue weighted by Gasteiger charge is 2.21. The van der Waals surface area contributed by atoms with Crippen LogP contribution in [0, 0.1) is 0 Å². The lowest BCUT2D eigenvalue weighted by Crippen LogP contribution is -2.49. The Balaban J connectivity index is 1.99. The second-order valence-electron chi connectivity index (χ2n) is 5.00. The third kappa shape index (κ3) is 2.76. The van der Waals surface area contributed by atoms with Crippen LogP contribution in [0.3, 0.4) is 0 Å². The molecule has 1 fully saturated rings. The summed E-state index contributed by atoms with van der Waals surface area (Å²) in [5.74, 6) is 7.93. The first-order chi connectivity index (χ1) is 10.2. The minimum Gasteiger partial charge on any atom is -0.493 e. The van der Waals surface area contributed by atoms with Gasteiger partial charge < -0.3 is 14.8 Å². The molecule has 112 valence electrons. The molecule has 1 saturated heterocycles. The normalized spacial score (nSPS) is 19.7. The SMILES string of the molecule is COc1cc2cnc(C3CN(N)CCN3)nc2cc1OC. The van der Waals surface area contributed by atoms with Gasteiger partial charge in [0, 0.05) is 37.3 Å². The van der Waals surface area contributed by atoms with E-state index in [1.807, 2.05) is 12.1 Å². The van der Waals surface area contributed by atoms with Gasteiger partial charge in [-0.05, 0) is 6.07 Å². The highest BCUT2D eigenvalue weighted by atomic mass is 16.5. The topological polar surface area (TPSA) is 85.5 Å². The summed E-state index contributed by atoms with van der Waals surface area (Å²) < 4.78 is 10.6. The van der Waals surface area contributed by atoms with Crippen molar-refractivity contribution in [2.24, 2.45) is 5.84 Å². The highest BCUT2D eigenvalue weighted by Crippen LogP contribution is 2.31. The Morgan fingerprint density at radius 2 is 2.05 bits per heavy atom. The molecule has 0 bridgehead atoms. The van der Waals surface area contributed by atoms with E-state index in [1.165, 1.54) is 0 Å². The smallest absolute Gasteiger partial charge is 0.162 e. The standard InChI is InChI=1S/C14H19N5O2/c1-20-12-5-9-7-17-14(11-8-19(15)4-3-16-11)18-10(9)6-13(12)21-2/h5-7,11,16H,3-4,8,15H2,1-2H3. The summed E-state index contributed by atoms with van der Waals surface area (Å²) in [5.41, 5.74) is 0.827. The Morgan fingerprint density at radius 3 is 2.76 bits per heavy atom. The minimum atomic E-state index is 0.0428. The Labute approximate surface area is 123 Å². The number of nitrogens with zero attached hydrogens (tertiary/aromatic N) is 3. The molecule has 0 spiro atoms. The molecule has 7 nitrogen and oxygen atoms in total. The van der Waals surface area contributed by atoms with Crippen molar-refractivity contribution >= 4 is 10.9 Å². The van der Waals surface area contributed by atoms with Crippen LogP contribution in [0.25, 0.3) is 10.9 Å². The van der Waals surface area contributed by atoms with Gasteiger partial charge in [0.1, 0.15) is 5.82 Å². The van der Waals surface area contributed by atoms with E-state index < -0.39 is 0 Å². The lowest BCUT2D eigenvalue weighted by molar-refractivity contribution is 0.201. The van der Waals surface area contributed by atoms with Gasteiger partial charge in [0.2, 0.25) is 0 Å². The van der Waals surface area contributed by atoms with E-state index in [-0.39, 0.29) is 6.04 Å². The van der Waals surface area contributed by atoms with Crippen LogP contribution >= 0.6 is 0 Å². The number of methoxy groups -OCH3 is 2. The first kappa shape index (κ1) is 14.0. The predicted octanol–water partition coefficient (Wildman–Crippen LogP) is 0.467. The largest absolute Gasteiger partial charge is 0.493 e. The summed E-state index contributed by atoms with van der Waals surface area (Å²) >= 11 is 0. The Kier molecular flexibility index (Phi) is 3.87. The molecule has 0 saturated carbocycles. The molecule has 1 aromatic carbocycles. The lowest BCUT2D eigenvalue weighted by Gasteiger charge is -2.29. The molecule has 1 aliphatic rings. The van der Waals surface area contributed by atoms with Crippen molar-refractivity contribution in [1.82, 2.24) is 20.3 Å². The van der Waals surface area contributed by atoms with E-state index in [0.29, 0.717) is 18.0 Å². The van der Waals surface area contributed by atoms with E-state index in [2.05, 4.69) is 15.3 Å². The molecule has 1 atom stereocenters. The van der Waals surface area contributed by atoms with Crippen LogP contribution in [-0.2, 0) is 0 Å². The molecule has 1 aromatic heterocycles. The average molecular weight is 289 g/mol. The number of nitrogens with two attached hydrogens (primary N) is 1. The van der Waals surface area contributed by atoms with Crippen molar-refractivity contribution in [3.05, 3.63) is 24.2 Å². The molecule has 1 aliphatic heterocycles. The zero-order valence-electron chi connectivity index (χ0n) is 12.2. The molecule has 1 unspecified atom stereocenters. The van der Waals surface area contributed by atoms with Gasteiger partial charge in [-0.2, -0.15) is 0 Å². The fraction of sp³-hybridized carbons (Fsp3) is 0.429. The zero-order chi connectivity index (χ0) is 14.8. The first-order valence-corrected chi connectivity index (χ1v) is 6.83. The Hall–Kier alpha value is -1.96. The Morgan fingerprint density at radius 1 is 1.29 bits per heavy atom. The van der Waals surface area contributed by atoms with Gasteiger partial charge in [-0.1, -0.05) is 0 Å². The first-order valence-electron chi connectivity index (χ1n) is 6.83. The van der Waals surface area contributed by atoms with E-state index in [1.54, 1.807) is 25.4 Å². The van der Waals surface area contributed by atoms with E-state index in [0.717, 1.165) is 29.8 Å². The monoisotopic (exact) mass is 289 g/mol. The van der Waals surface area contributed by atoms with Gasteiger partial charge in [-0.15, -0.1) is 0 Å². The number of rotatable bonds is 3. The molecule has 2 aromatic rings. The molecule has 2 heterocycles. The van der Waals surface area contributed by atoms with Crippen LogP contribution in [0.1, 0.15) is 11.9 Å². The van der Waals surface area contributed by atoms with Crippen molar-refractivity contribution in [2.45, 2.75) is 6.04 Å². The maximum Gasteiger partial charge on any atom is 0.162 e. The summed E-state index contributed by atoms with van der Waals surface area (Å²) in [4.78, 5) is 9.07. The van der Waals surface area contributed by atoms with Crippen molar-refractivity contribution in [3.8, 4) is 11.5 Å². The van der Waals surface area contributed by atoms with Gasteiger partial charge >= 0.3 is 0 Å². The highest BCUT2D eigenvalue weighted by molar-refractivity contribution is 5.82. The number of ether oxygens (including phenoxy) is 2. The predicted molar refractivity (Wildman–Crippen MR) is 79.1 cm³/mol. The molecule has 0 aliphatic carbocycles. The maximum absolute atomic E-state index is 5.86. The minimum absolute atomic E-state index is 0.0428. The van der Waals surface area contributed by atoms with Crippen molar-refractivity contribution in [1.29, 1.82) is 0 Å². The quantitative estimate of drug-likeness (QED) is 0.794. The number of hydrogen-bond acceptors (Lipinski definition) is 7. The van der Waals surface area contributed by atoms with Gasteiger partial charge in [-0.3, -0.25) is 5.84 Å². The van der Waals surface area contributed by atoms with Gasteiger partial charge in [0.25, 0.3) is 0 Å². The third-order valence-corrected chi connectivity index (χ3v) is 3.62. The van der Waals surface area contributed by atoms with Crippen LogP contribution in [0.2, 0.25) is 0 Å². The van der Waals surface area contributed by atoms with Crippen LogP contribution in [0.4, 0.5) is 0 Å². The summed E-state index contributed by atoms with van der Waals surface area (Å²) in [6, 6.07) is 3.78. The molecule has 0 amide bonds. The van der Waals surface area contributed by atoms with E-state index in [4.69, 9.17) is 15.3 Å². The number of benzene rings is 1. The van der Waals surface area contributed by atoms with Crippen molar-refractivity contribution in [2.75, 3.05) is 33.9 Å². The molecule has 3 rings (SSSR count). The van der Waals surface area contributed by atoms with Crippen LogP contribution < -0.4 is 20.6 Å². The fourth-order valence-electron chi connectivity index (χ4n) is 2.49. The number of piperazine rings is 1. The molecular weight excluding hydrogens is 270 g/mol. The molecule has 3 N–H and O–H groups in total. The van der Waals surface area contributed by atoms with Crippen LogP contribution in [0.5, 0.6) is 11.5 Å². The van der Waals surface area contributed by atoms with Gasteiger partial charge in [0.15, 0.2) is 11.5 Å². The number of hydrogen-bond donors (Lipinski definition) is 2. The summed E-state index contributed by atoms with van der Waals surface area (Å²) in [5, 5.41) is 6.07. The maximum atomic E-state index is 5.86. The van der Waals surface area contributed by atoms with Crippen molar-refractivity contribution in [3.63, 3.8) is 0 Å². The number of aromatic nitrogens is 2. The molecule has 0 radical (unpaired) electrons. The number of hydrazine groups is 1. The van der Waals surface area contributed by atoms with Crippen LogP contribution in [0.15, 0.2) is 18.3 Å². The zero-order valence-corrected chi connectivity index (χ0v) is 12.2. The third-order valence-electron chi connectivity index (χ3n) is 3.62. The van der Waals surface area contributed by atoms with Crippen LogP contribution in [-0.4, -0.2) is 48.8 Å². The second-order valence-corrected chi connectivity index (χ2v) is 5.00. The van der Waals surface area contributed by atoms with Gasteiger partial charge in [0.05, 0.1) is 25.8 Å². The number of nitrogens with one attached hydrogen (secondary N) is 1. The molecule has 7 heteroatoms. The molecular formula is C14H19N5O2. The fourth-order valence-corrected chi connectivity index (χ4v) is 2.49. The Bertz CT molecular complexity index is 649. The number of fused-ring (bicyclic) bond motifs is 1. The average Bonchev–Trinajstić information content (AvgIpc) is 2.53. The van der Waals surface area contributed by atoms with E-state index >= 15 is 0 Å². The summed E-state index contributed by atoms with van der Waals surface area (Å²) in [6.45, 7) is 2.35. The summed E-state index contributed by atoms with van der Waals surface area (Å²) in [6.07, 6.45) is 1.80. The second kappa shape index (κ2) is 5.80.